The van der Waals surface area contributed by atoms with Gasteiger partial charge in [0.1, 0.15) is 12.6 Å². The number of nitrogens with one attached hydrogen (secondary N) is 2. The molecular formula is C26H32N2O5. The molecule has 0 aliphatic heterocycles. The number of rotatable bonds is 10. The normalized spacial score (nSPS) is 14.2. The van der Waals surface area contributed by atoms with E-state index in [1.807, 2.05) is 45.0 Å². The van der Waals surface area contributed by atoms with E-state index in [0.717, 1.165) is 22.3 Å². The lowest BCUT2D eigenvalue weighted by molar-refractivity contribution is -0.137. The molecule has 3 N–H and O–H groups in total. The largest absolute Gasteiger partial charge is 0.481 e. The second-order valence-corrected chi connectivity index (χ2v) is 8.97. The smallest absolute Gasteiger partial charge is 0.407 e. The number of alkyl carbamates (subject to hydrolysis) is 1. The van der Waals surface area contributed by atoms with Crippen LogP contribution in [-0.2, 0) is 14.3 Å². The first-order valence-electron chi connectivity index (χ1n) is 11.4. The first kappa shape index (κ1) is 24.3. The number of aliphatic carboxylic acids is 1. The molecule has 1 unspecified atom stereocenters. The molecule has 0 radical (unpaired) electrons. The molecular weight excluding hydrogens is 420 g/mol. The third-order valence-corrected chi connectivity index (χ3v) is 6.04. The van der Waals surface area contributed by atoms with Crippen LogP contribution in [0.25, 0.3) is 11.1 Å². The maximum absolute atomic E-state index is 12.7. The molecule has 0 saturated heterocycles. The molecule has 1 aliphatic rings. The van der Waals surface area contributed by atoms with Crippen molar-refractivity contribution >= 4 is 18.0 Å². The summed E-state index contributed by atoms with van der Waals surface area (Å²) in [4.78, 5) is 35.9. The molecule has 0 spiro atoms. The van der Waals surface area contributed by atoms with Crippen LogP contribution in [0.2, 0.25) is 0 Å². The number of carboxylic acid groups (broad SMARTS) is 1. The molecule has 33 heavy (non-hydrogen) atoms. The van der Waals surface area contributed by atoms with E-state index in [9.17, 15) is 14.4 Å². The Bertz CT molecular complexity index is 958. The zero-order valence-electron chi connectivity index (χ0n) is 19.3. The average molecular weight is 453 g/mol. The number of hydrogen-bond donors (Lipinski definition) is 3. The lowest BCUT2D eigenvalue weighted by Gasteiger charge is -2.23. The molecule has 2 aromatic rings. The van der Waals surface area contributed by atoms with Crippen molar-refractivity contribution in [2.75, 3.05) is 13.2 Å². The molecule has 0 fully saturated rings. The molecule has 0 aromatic heterocycles. The van der Waals surface area contributed by atoms with Gasteiger partial charge in [0.2, 0.25) is 5.91 Å². The van der Waals surface area contributed by atoms with E-state index in [1.54, 1.807) is 0 Å². The number of amides is 2. The van der Waals surface area contributed by atoms with Crippen LogP contribution in [0, 0.1) is 11.8 Å². The summed E-state index contributed by atoms with van der Waals surface area (Å²) >= 11 is 0. The van der Waals surface area contributed by atoms with Crippen LogP contribution < -0.4 is 10.6 Å². The molecule has 0 bridgehead atoms. The minimum Gasteiger partial charge on any atom is -0.481 e. The van der Waals surface area contributed by atoms with Gasteiger partial charge in [-0.3, -0.25) is 9.59 Å². The number of carboxylic acids is 1. The lowest BCUT2D eigenvalue weighted by Crippen LogP contribution is -2.50. The van der Waals surface area contributed by atoms with Crippen molar-refractivity contribution in [2.45, 2.75) is 45.6 Å². The first-order valence-corrected chi connectivity index (χ1v) is 11.4. The average Bonchev–Trinajstić information content (AvgIpc) is 3.11. The van der Waals surface area contributed by atoms with Crippen molar-refractivity contribution in [1.82, 2.24) is 10.6 Å². The molecule has 2 amide bonds. The summed E-state index contributed by atoms with van der Waals surface area (Å²) in [6, 6.07) is 15.5. The lowest BCUT2D eigenvalue weighted by atomic mass is 9.98. The summed E-state index contributed by atoms with van der Waals surface area (Å²) in [7, 11) is 0. The molecule has 7 nitrogen and oxygen atoms in total. The number of carbonyl (C=O) groups is 3. The first-order chi connectivity index (χ1) is 15.8. The van der Waals surface area contributed by atoms with Gasteiger partial charge < -0.3 is 20.5 Å². The van der Waals surface area contributed by atoms with Crippen molar-refractivity contribution in [1.29, 1.82) is 0 Å². The molecule has 2 aromatic carbocycles. The van der Waals surface area contributed by atoms with Crippen molar-refractivity contribution in [2.24, 2.45) is 11.8 Å². The maximum atomic E-state index is 12.7. The minimum absolute atomic E-state index is 0.0207. The van der Waals surface area contributed by atoms with E-state index < -0.39 is 18.1 Å². The molecule has 0 heterocycles. The third kappa shape index (κ3) is 6.12. The molecule has 1 aliphatic carbocycles. The predicted octanol–water partition coefficient (Wildman–Crippen LogP) is 4.17. The molecule has 176 valence electrons. The van der Waals surface area contributed by atoms with Gasteiger partial charge in [0.05, 0.1) is 0 Å². The van der Waals surface area contributed by atoms with Gasteiger partial charge in [-0.1, -0.05) is 69.3 Å². The fourth-order valence-electron chi connectivity index (χ4n) is 4.16. The second kappa shape index (κ2) is 11.0. The van der Waals surface area contributed by atoms with Crippen LogP contribution in [0.1, 0.15) is 50.7 Å². The quantitative estimate of drug-likeness (QED) is 0.502. The highest BCUT2D eigenvalue weighted by Gasteiger charge is 2.30. The summed E-state index contributed by atoms with van der Waals surface area (Å²) in [5, 5.41) is 14.3. The van der Waals surface area contributed by atoms with Crippen LogP contribution in [0.15, 0.2) is 48.5 Å². The summed E-state index contributed by atoms with van der Waals surface area (Å²) in [6.45, 7) is 6.11. The van der Waals surface area contributed by atoms with Crippen molar-refractivity contribution < 1.29 is 24.2 Å². The van der Waals surface area contributed by atoms with Crippen molar-refractivity contribution in [3.05, 3.63) is 59.7 Å². The van der Waals surface area contributed by atoms with Gasteiger partial charge in [-0.15, -0.1) is 0 Å². The highest BCUT2D eigenvalue weighted by Crippen LogP contribution is 2.44. The molecule has 0 saturated carbocycles. The molecule has 7 heteroatoms. The Kier molecular flexibility index (Phi) is 8.09. The van der Waals surface area contributed by atoms with Crippen LogP contribution in [0.5, 0.6) is 0 Å². The number of ether oxygens (including phenoxy) is 1. The molecule has 3 rings (SSSR count). The van der Waals surface area contributed by atoms with E-state index >= 15 is 0 Å². The summed E-state index contributed by atoms with van der Waals surface area (Å²) in [5.41, 5.74) is 4.55. The Morgan fingerprint density at radius 1 is 0.970 bits per heavy atom. The fraction of sp³-hybridized carbons (Fsp3) is 0.423. The zero-order chi connectivity index (χ0) is 24.0. The monoisotopic (exact) mass is 452 g/mol. The Morgan fingerprint density at radius 2 is 1.55 bits per heavy atom. The van der Waals surface area contributed by atoms with Gasteiger partial charge >= 0.3 is 12.1 Å². The van der Waals surface area contributed by atoms with Crippen LogP contribution in [0.4, 0.5) is 4.79 Å². The van der Waals surface area contributed by atoms with Gasteiger partial charge in [-0.05, 0) is 40.5 Å². The molecule has 2 atom stereocenters. The number of carbonyl (C=O) groups excluding carboxylic acids is 2. The number of benzene rings is 2. The number of fused-ring (bicyclic) bond motifs is 3. The predicted molar refractivity (Wildman–Crippen MR) is 126 cm³/mol. The van der Waals surface area contributed by atoms with Crippen LogP contribution in [-0.4, -0.2) is 42.3 Å². The maximum Gasteiger partial charge on any atom is 0.407 e. The SMILES string of the molecule is CC(CCC(=O)O)CNC(=O)[C@@H](NC(=O)OCC1c2ccccc2-c2ccccc21)C(C)C. The third-order valence-electron chi connectivity index (χ3n) is 6.04. The van der Waals surface area contributed by atoms with Gasteiger partial charge in [0, 0.05) is 18.9 Å². The minimum atomic E-state index is -0.856. The Balaban J connectivity index is 1.56. The van der Waals surface area contributed by atoms with Gasteiger partial charge in [-0.2, -0.15) is 0 Å². The Morgan fingerprint density at radius 3 is 2.09 bits per heavy atom. The van der Waals surface area contributed by atoms with E-state index in [1.165, 1.54) is 0 Å². The second-order valence-electron chi connectivity index (χ2n) is 8.97. The van der Waals surface area contributed by atoms with Crippen LogP contribution in [0.3, 0.4) is 0 Å². The van der Waals surface area contributed by atoms with Gasteiger partial charge in [0.25, 0.3) is 0 Å². The van der Waals surface area contributed by atoms with Crippen molar-refractivity contribution in [3.8, 4) is 11.1 Å². The van der Waals surface area contributed by atoms with Crippen LogP contribution >= 0.6 is 0 Å². The summed E-state index contributed by atoms with van der Waals surface area (Å²) in [5.74, 6) is -1.33. The highest BCUT2D eigenvalue weighted by molar-refractivity contribution is 5.86. The van der Waals surface area contributed by atoms with E-state index in [-0.39, 0.29) is 36.7 Å². The fourth-order valence-corrected chi connectivity index (χ4v) is 4.16. The topological polar surface area (TPSA) is 105 Å². The Hall–Kier alpha value is -3.35. The Labute approximate surface area is 194 Å². The van der Waals surface area contributed by atoms with E-state index in [2.05, 4.69) is 34.9 Å². The van der Waals surface area contributed by atoms with E-state index in [0.29, 0.717) is 13.0 Å². The van der Waals surface area contributed by atoms with Gasteiger partial charge in [-0.25, -0.2) is 4.79 Å². The van der Waals surface area contributed by atoms with E-state index in [4.69, 9.17) is 9.84 Å². The number of hydrogen-bond acceptors (Lipinski definition) is 4. The summed E-state index contributed by atoms with van der Waals surface area (Å²) < 4.78 is 5.57. The highest BCUT2D eigenvalue weighted by atomic mass is 16.5. The van der Waals surface area contributed by atoms with Gasteiger partial charge in [0.15, 0.2) is 0 Å². The van der Waals surface area contributed by atoms with Crippen molar-refractivity contribution in [3.63, 3.8) is 0 Å². The standard InChI is InChI=1S/C26H32N2O5/c1-16(2)24(25(31)27-14-17(3)12-13-23(29)30)28-26(32)33-15-22-20-10-6-4-8-18(20)19-9-5-7-11-21(19)22/h4-11,16-17,22,24H,12-15H2,1-3H3,(H,27,31)(H,28,32)(H,29,30)/t17?,24-/m0/s1. The zero-order valence-corrected chi connectivity index (χ0v) is 19.3. The summed E-state index contributed by atoms with van der Waals surface area (Å²) in [6.07, 6.45) is -0.102.